The maximum atomic E-state index is 12.2. The second-order valence-corrected chi connectivity index (χ2v) is 5.79. The van der Waals surface area contributed by atoms with E-state index in [9.17, 15) is 9.59 Å². The molecule has 6 nitrogen and oxygen atoms in total. The van der Waals surface area contributed by atoms with Gasteiger partial charge in [-0.15, -0.1) is 0 Å². The Balaban J connectivity index is 2.03. The van der Waals surface area contributed by atoms with Gasteiger partial charge in [-0.3, -0.25) is 0 Å². The van der Waals surface area contributed by atoms with E-state index >= 15 is 0 Å². The SMILES string of the molecule is C[C@H]1NC(=O)N(C)[C@H]2NC(=O)N(C)[C@@H](c3ccccc3)[C@H]12. The molecule has 0 unspecified atom stereocenters. The van der Waals surface area contributed by atoms with E-state index in [0.717, 1.165) is 5.56 Å². The highest BCUT2D eigenvalue weighted by Crippen LogP contribution is 2.38. The topological polar surface area (TPSA) is 64.7 Å². The monoisotopic (exact) mass is 288 g/mol. The summed E-state index contributed by atoms with van der Waals surface area (Å²) in [7, 11) is 3.51. The maximum absolute atomic E-state index is 12.2. The molecule has 2 aliphatic heterocycles. The summed E-state index contributed by atoms with van der Waals surface area (Å²) in [6.45, 7) is 1.99. The number of hydrogen-bond donors (Lipinski definition) is 2. The Hall–Kier alpha value is -2.24. The van der Waals surface area contributed by atoms with E-state index in [1.165, 1.54) is 0 Å². The van der Waals surface area contributed by atoms with Crippen molar-refractivity contribution in [3.8, 4) is 0 Å². The summed E-state index contributed by atoms with van der Waals surface area (Å²) in [5, 5.41) is 5.90. The molecule has 0 spiro atoms. The molecule has 1 aromatic rings. The lowest BCUT2D eigenvalue weighted by Gasteiger charge is -2.52. The Bertz CT molecular complexity index is 562. The highest BCUT2D eigenvalue weighted by atomic mass is 16.2. The van der Waals surface area contributed by atoms with Crippen LogP contribution in [0.2, 0.25) is 0 Å². The molecular formula is C15H20N4O2. The zero-order valence-electron chi connectivity index (χ0n) is 12.4. The van der Waals surface area contributed by atoms with E-state index in [-0.39, 0.29) is 36.2 Å². The average Bonchev–Trinajstić information content (AvgIpc) is 2.48. The van der Waals surface area contributed by atoms with Crippen molar-refractivity contribution >= 4 is 12.1 Å². The first-order valence-corrected chi connectivity index (χ1v) is 7.12. The third kappa shape index (κ3) is 2.11. The molecule has 0 aliphatic carbocycles. The minimum atomic E-state index is -0.289. The van der Waals surface area contributed by atoms with Crippen molar-refractivity contribution in [2.75, 3.05) is 14.1 Å². The number of amides is 4. The van der Waals surface area contributed by atoms with Gasteiger partial charge in [0.25, 0.3) is 0 Å². The lowest BCUT2D eigenvalue weighted by molar-refractivity contribution is 0.0248. The first-order chi connectivity index (χ1) is 10.0. The minimum Gasteiger partial charge on any atom is -0.335 e. The van der Waals surface area contributed by atoms with Gasteiger partial charge < -0.3 is 20.4 Å². The van der Waals surface area contributed by atoms with Crippen molar-refractivity contribution < 1.29 is 9.59 Å². The summed E-state index contributed by atoms with van der Waals surface area (Å²) in [5.41, 5.74) is 1.08. The smallest absolute Gasteiger partial charge is 0.319 e. The van der Waals surface area contributed by atoms with Crippen molar-refractivity contribution in [1.82, 2.24) is 20.4 Å². The number of carbonyl (C=O) groups excluding carboxylic acids is 2. The molecule has 6 heteroatoms. The van der Waals surface area contributed by atoms with E-state index in [1.807, 2.05) is 37.3 Å². The molecule has 2 N–H and O–H groups in total. The highest BCUT2D eigenvalue weighted by molar-refractivity contribution is 5.80. The molecule has 0 saturated carbocycles. The van der Waals surface area contributed by atoms with Crippen molar-refractivity contribution in [3.63, 3.8) is 0 Å². The van der Waals surface area contributed by atoms with E-state index in [2.05, 4.69) is 10.6 Å². The van der Waals surface area contributed by atoms with Crippen LogP contribution in [0.5, 0.6) is 0 Å². The van der Waals surface area contributed by atoms with E-state index in [1.54, 1.807) is 23.9 Å². The number of carbonyl (C=O) groups is 2. The molecule has 4 atom stereocenters. The lowest BCUT2D eigenvalue weighted by atomic mass is 9.81. The van der Waals surface area contributed by atoms with Gasteiger partial charge in [0.05, 0.1) is 6.04 Å². The van der Waals surface area contributed by atoms with Crippen LogP contribution in [0.25, 0.3) is 0 Å². The Morgan fingerprint density at radius 2 is 1.57 bits per heavy atom. The molecule has 21 heavy (non-hydrogen) atoms. The fourth-order valence-corrected chi connectivity index (χ4v) is 3.40. The van der Waals surface area contributed by atoms with Crippen LogP contribution < -0.4 is 10.6 Å². The zero-order valence-corrected chi connectivity index (χ0v) is 12.4. The third-order valence-electron chi connectivity index (χ3n) is 4.55. The summed E-state index contributed by atoms with van der Waals surface area (Å²) in [6, 6.07) is 9.57. The van der Waals surface area contributed by atoms with E-state index in [0.29, 0.717) is 0 Å². The minimum absolute atomic E-state index is 0.0213. The largest absolute Gasteiger partial charge is 0.335 e. The number of nitrogens with one attached hydrogen (secondary N) is 2. The van der Waals surface area contributed by atoms with Crippen LogP contribution in [-0.4, -0.2) is 48.2 Å². The molecular weight excluding hydrogens is 268 g/mol. The van der Waals surface area contributed by atoms with Crippen molar-refractivity contribution in [3.05, 3.63) is 35.9 Å². The molecule has 1 aromatic carbocycles. The second-order valence-electron chi connectivity index (χ2n) is 5.79. The molecule has 0 bridgehead atoms. The van der Waals surface area contributed by atoms with Crippen LogP contribution in [-0.2, 0) is 0 Å². The van der Waals surface area contributed by atoms with Gasteiger partial charge in [-0.25, -0.2) is 9.59 Å². The Morgan fingerprint density at radius 1 is 0.952 bits per heavy atom. The lowest BCUT2D eigenvalue weighted by Crippen LogP contribution is -2.71. The molecule has 2 fully saturated rings. The first-order valence-electron chi connectivity index (χ1n) is 7.12. The fourth-order valence-electron chi connectivity index (χ4n) is 3.40. The van der Waals surface area contributed by atoms with Crippen LogP contribution in [0.4, 0.5) is 9.59 Å². The predicted molar refractivity (Wildman–Crippen MR) is 78.5 cm³/mol. The van der Waals surface area contributed by atoms with Crippen LogP contribution in [0.1, 0.15) is 18.5 Å². The molecule has 2 aliphatic rings. The Kier molecular flexibility index (Phi) is 3.23. The fraction of sp³-hybridized carbons (Fsp3) is 0.467. The van der Waals surface area contributed by atoms with Crippen molar-refractivity contribution in [2.24, 2.45) is 5.92 Å². The molecule has 112 valence electrons. The van der Waals surface area contributed by atoms with E-state index in [4.69, 9.17) is 0 Å². The number of rotatable bonds is 1. The molecule has 0 aromatic heterocycles. The third-order valence-corrected chi connectivity index (χ3v) is 4.55. The van der Waals surface area contributed by atoms with E-state index < -0.39 is 0 Å². The summed E-state index contributed by atoms with van der Waals surface area (Å²) in [4.78, 5) is 27.5. The van der Waals surface area contributed by atoms with Crippen molar-refractivity contribution in [2.45, 2.75) is 25.2 Å². The number of nitrogens with zero attached hydrogens (tertiary/aromatic N) is 2. The van der Waals surface area contributed by atoms with Gasteiger partial charge in [0, 0.05) is 26.1 Å². The van der Waals surface area contributed by atoms with Gasteiger partial charge in [0.1, 0.15) is 6.17 Å². The summed E-state index contributed by atoms with van der Waals surface area (Å²) < 4.78 is 0. The van der Waals surface area contributed by atoms with Gasteiger partial charge in [0.2, 0.25) is 0 Å². The second kappa shape index (κ2) is 4.95. The molecule has 3 rings (SSSR count). The number of fused-ring (bicyclic) bond motifs is 1. The Morgan fingerprint density at radius 3 is 2.24 bits per heavy atom. The van der Waals surface area contributed by atoms with Crippen LogP contribution >= 0.6 is 0 Å². The number of hydrogen-bond acceptors (Lipinski definition) is 2. The average molecular weight is 288 g/mol. The maximum Gasteiger partial charge on any atom is 0.319 e. The molecule has 2 saturated heterocycles. The highest BCUT2D eigenvalue weighted by Gasteiger charge is 2.49. The van der Waals surface area contributed by atoms with Crippen LogP contribution in [0, 0.1) is 5.92 Å². The molecule has 0 radical (unpaired) electrons. The number of benzene rings is 1. The summed E-state index contributed by atoms with van der Waals surface area (Å²) in [6.07, 6.45) is -0.289. The normalized spacial score (nSPS) is 32.3. The summed E-state index contributed by atoms with van der Waals surface area (Å²) in [5.74, 6) is 0.0813. The molecule has 2 heterocycles. The van der Waals surface area contributed by atoms with Gasteiger partial charge in [-0.1, -0.05) is 30.3 Å². The van der Waals surface area contributed by atoms with Gasteiger partial charge in [0.15, 0.2) is 0 Å². The van der Waals surface area contributed by atoms with Gasteiger partial charge in [-0.2, -0.15) is 0 Å². The standard InChI is InChI=1S/C15H20N4O2/c1-9-11-12(10-7-5-4-6-8-10)18(2)15(21)17-13(11)19(3)14(20)16-9/h4-9,11-13H,1-3H3,(H,16,20)(H,17,21)/t9-,11+,12+,13-/m1/s1. The van der Waals surface area contributed by atoms with Crippen molar-refractivity contribution in [1.29, 1.82) is 0 Å². The molecule has 4 amide bonds. The van der Waals surface area contributed by atoms with Gasteiger partial charge >= 0.3 is 12.1 Å². The number of urea groups is 2. The Labute approximate surface area is 124 Å². The quantitative estimate of drug-likeness (QED) is 0.819. The van der Waals surface area contributed by atoms with Gasteiger partial charge in [-0.05, 0) is 12.5 Å². The first kappa shape index (κ1) is 13.7. The zero-order chi connectivity index (χ0) is 15.1. The van der Waals surface area contributed by atoms with Crippen LogP contribution in [0.15, 0.2) is 30.3 Å². The van der Waals surface area contributed by atoms with Crippen LogP contribution in [0.3, 0.4) is 0 Å². The predicted octanol–water partition coefficient (Wildman–Crippen LogP) is 1.37. The summed E-state index contributed by atoms with van der Waals surface area (Å²) >= 11 is 0.